The number of fused-ring (bicyclic) bond motifs is 2. The smallest absolute Gasteiger partial charge is 0.308 e. The number of nitriles is 1. The van der Waals surface area contributed by atoms with Crippen LogP contribution >= 0.6 is 11.8 Å². The quantitative estimate of drug-likeness (QED) is 0.570. The van der Waals surface area contributed by atoms with Crippen LogP contribution in [0.2, 0.25) is 0 Å². The molecule has 4 rings (SSSR count). The predicted octanol–water partition coefficient (Wildman–Crippen LogP) is 4.73. The molecule has 6 nitrogen and oxygen atoms in total. The molecule has 3 aromatic carbocycles. The average Bonchev–Trinajstić information content (AvgIpc) is 2.80. The SMILES string of the molecule is N#Cc1ccccc1NC(=O)COC(=O)CCN1c2ccccc2Sc2ccccc21. The highest BCUT2D eigenvalue weighted by molar-refractivity contribution is 7.99. The molecule has 154 valence electrons. The number of amides is 1. The molecule has 7 heteroatoms. The molecule has 1 aliphatic rings. The van der Waals surface area contributed by atoms with E-state index in [4.69, 9.17) is 10.00 Å². The van der Waals surface area contributed by atoms with Gasteiger partial charge < -0.3 is 15.0 Å². The standard InChI is InChI=1S/C24H19N3O3S/c25-15-17-7-1-2-8-18(17)26-23(28)16-30-24(29)13-14-27-19-9-3-5-11-21(19)31-22-12-6-4-10-20(22)27/h1-12H,13-14,16H2,(H,26,28). The number of nitrogens with one attached hydrogen (secondary N) is 1. The van der Waals surface area contributed by atoms with Crippen LogP contribution in [0.4, 0.5) is 17.1 Å². The van der Waals surface area contributed by atoms with Gasteiger partial charge in [0.25, 0.3) is 5.91 Å². The van der Waals surface area contributed by atoms with Crippen LogP contribution in [0.1, 0.15) is 12.0 Å². The number of carbonyl (C=O) groups excluding carboxylic acids is 2. The summed E-state index contributed by atoms with van der Waals surface area (Å²) in [5.41, 5.74) is 2.84. The van der Waals surface area contributed by atoms with Gasteiger partial charge in [-0.3, -0.25) is 9.59 Å². The van der Waals surface area contributed by atoms with Crippen LogP contribution < -0.4 is 10.2 Å². The average molecular weight is 430 g/mol. The third kappa shape index (κ3) is 4.71. The van der Waals surface area contributed by atoms with Crippen molar-refractivity contribution in [3.05, 3.63) is 78.4 Å². The Labute approximate surface area is 184 Å². The Balaban J connectivity index is 1.35. The van der Waals surface area contributed by atoms with Crippen molar-refractivity contribution in [2.24, 2.45) is 0 Å². The van der Waals surface area contributed by atoms with Crippen molar-refractivity contribution in [3.8, 4) is 6.07 Å². The van der Waals surface area contributed by atoms with Gasteiger partial charge in [-0.25, -0.2) is 0 Å². The molecule has 0 radical (unpaired) electrons. The van der Waals surface area contributed by atoms with E-state index in [1.165, 1.54) is 0 Å². The van der Waals surface area contributed by atoms with Crippen molar-refractivity contribution in [3.63, 3.8) is 0 Å². The third-order valence-corrected chi connectivity index (χ3v) is 5.89. The molecular weight excluding hydrogens is 410 g/mol. The van der Waals surface area contributed by atoms with E-state index in [9.17, 15) is 9.59 Å². The summed E-state index contributed by atoms with van der Waals surface area (Å²) in [7, 11) is 0. The molecule has 1 amide bonds. The molecule has 0 spiro atoms. The zero-order chi connectivity index (χ0) is 21.6. The lowest BCUT2D eigenvalue weighted by Gasteiger charge is -2.32. The molecule has 1 N–H and O–H groups in total. The van der Waals surface area contributed by atoms with Crippen LogP contribution in [0.5, 0.6) is 0 Å². The molecule has 0 aliphatic carbocycles. The summed E-state index contributed by atoms with van der Waals surface area (Å²) >= 11 is 1.70. The van der Waals surface area contributed by atoms with E-state index in [0.29, 0.717) is 17.8 Å². The van der Waals surface area contributed by atoms with Crippen molar-refractivity contribution in [1.29, 1.82) is 5.26 Å². The van der Waals surface area contributed by atoms with E-state index in [2.05, 4.69) is 22.3 Å². The highest BCUT2D eigenvalue weighted by atomic mass is 32.2. The Bertz CT molecular complexity index is 1130. The summed E-state index contributed by atoms with van der Waals surface area (Å²) in [5.74, 6) is -0.946. The zero-order valence-electron chi connectivity index (χ0n) is 16.6. The first kappa shape index (κ1) is 20.5. The minimum Gasteiger partial charge on any atom is -0.456 e. The summed E-state index contributed by atoms with van der Waals surface area (Å²) in [5, 5.41) is 11.7. The van der Waals surface area contributed by atoms with Gasteiger partial charge in [-0.05, 0) is 36.4 Å². The lowest BCUT2D eigenvalue weighted by molar-refractivity contribution is -0.147. The second-order valence-corrected chi connectivity index (χ2v) is 7.89. The molecule has 0 saturated heterocycles. The van der Waals surface area contributed by atoms with Crippen molar-refractivity contribution in [2.75, 3.05) is 23.4 Å². The summed E-state index contributed by atoms with van der Waals surface area (Å²) in [6, 6.07) is 24.8. The van der Waals surface area contributed by atoms with Gasteiger partial charge in [-0.1, -0.05) is 48.2 Å². The van der Waals surface area contributed by atoms with Gasteiger partial charge in [-0.15, -0.1) is 0 Å². The van der Waals surface area contributed by atoms with E-state index in [-0.39, 0.29) is 6.42 Å². The summed E-state index contributed by atoms with van der Waals surface area (Å²) in [4.78, 5) is 28.8. The van der Waals surface area contributed by atoms with Gasteiger partial charge in [0, 0.05) is 16.3 Å². The molecule has 3 aromatic rings. The van der Waals surface area contributed by atoms with Crippen molar-refractivity contribution in [2.45, 2.75) is 16.2 Å². The van der Waals surface area contributed by atoms with Gasteiger partial charge in [0.15, 0.2) is 6.61 Å². The van der Waals surface area contributed by atoms with Crippen LogP contribution in [0, 0.1) is 11.3 Å². The van der Waals surface area contributed by atoms with Gasteiger partial charge in [0.2, 0.25) is 0 Å². The minimum absolute atomic E-state index is 0.134. The first-order chi connectivity index (χ1) is 15.2. The fourth-order valence-electron chi connectivity index (χ4n) is 3.32. The fourth-order valence-corrected chi connectivity index (χ4v) is 4.42. The number of benzene rings is 3. The highest BCUT2D eigenvalue weighted by Crippen LogP contribution is 2.47. The maximum absolute atomic E-state index is 12.3. The number of hydrogen-bond donors (Lipinski definition) is 1. The number of ether oxygens (including phenoxy) is 1. The Hall–Kier alpha value is -3.76. The largest absolute Gasteiger partial charge is 0.456 e. The van der Waals surface area contributed by atoms with Gasteiger partial charge in [-0.2, -0.15) is 5.26 Å². The Morgan fingerprint density at radius 2 is 1.55 bits per heavy atom. The molecule has 0 saturated carbocycles. The van der Waals surface area contributed by atoms with E-state index in [1.54, 1.807) is 36.0 Å². The highest BCUT2D eigenvalue weighted by Gasteiger charge is 2.23. The Morgan fingerprint density at radius 3 is 2.23 bits per heavy atom. The van der Waals surface area contributed by atoms with Crippen molar-refractivity contribution in [1.82, 2.24) is 0 Å². The zero-order valence-corrected chi connectivity index (χ0v) is 17.4. The molecule has 1 aliphatic heterocycles. The molecular formula is C24H19N3O3S. The lowest BCUT2D eigenvalue weighted by atomic mass is 10.2. The van der Waals surface area contributed by atoms with Crippen LogP contribution in [-0.2, 0) is 14.3 Å². The predicted molar refractivity (Wildman–Crippen MR) is 119 cm³/mol. The van der Waals surface area contributed by atoms with Crippen LogP contribution in [0.25, 0.3) is 0 Å². The summed E-state index contributed by atoms with van der Waals surface area (Å²) < 4.78 is 5.15. The number of carbonyl (C=O) groups is 2. The number of nitrogens with zero attached hydrogens (tertiary/aromatic N) is 2. The second kappa shape index (κ2) is 9.37. The van der Waals surface area contributed by atoms with Crippen LogP contribution in [-0.4, -0.2) is 25.0 Å². The first-order valence-corrected chi connectivity index (χ1v) is 10.6. The molecule has 0 fully saturated rings. The van der Waals surface area contributed by atoms with E-state index in [0.717, 1.165) is 21.2 Å². The van der Waals surface area contributed by atoms with Gasteiger partial charge in [0.1, 0.15) is 6.07 Å². The third-order valence-electron chi connectivity index (χ3n) is 4.76. The monoisotopic (exact) mass is 429 g/mol. The summed E-state index contributed by atoms with van der Waals surface area (Å²) in [6.45, 7) is 0.0356. The maximum Gasteiger partial charge on any atom is 0.308 e. The number of hydrogen-bond acceptors (Lipinski definition) is 6. The summed E-state index contributed by atoms with van der Waals surface area (Å²) in [6.07, 6.45) is 0.134. The molecule has 0 atom stereocenters. The van der Waals surface area contributed by atoms with Crippen molar-refractivity contribution >= 4 is 40.7 Å². The molecule has 1 heterocycles. The topological polar surface area (TPSA) is 82.4 Å². The van der Waals surface area contributed by atoms with E-state index in [1.807, 2.05) is 42.5 Å². The lowest BCUT2D eigenvalue weighted by Crippen LogP contribution is -2.26. The number of anilines is 3. The van der Waals surface area contributed by atoms with Crippen LogP contribution in [0.3, 0.4) is 0 Å². The van der Waals surface area contributed by atoms with Crippen LogP contribution in [0.15, 0.2) is 82.6 Å². The molecule has 0 aromatic heterocycles. The van der Waals surface area contributed by atoms with E-state index >= 15 is 0 Å². The van der Waals surface area contributed by atoms with E-state index < -0.39 is 18.5 Å². The maximum atomic E-state index is 12.3. The number of para-hydroxylation sites is 3. The Morgan fingerprint density at radius 1 is 0.935 bits per heavy atom. The van der Waals surface area contributed by atoms with Crippen molar-refractivity contribution < 1.29 is 14.3 Å². The normalized spacial score (nSPS) is 11.6. The first-order valence-electron chi connectivity index (χ1n) is 9.74. The number of rotatable bonds is 6. The Kier molecular flexibility index (Phi) is 6.20. The fraction of sp³-hybridized carbons (Fsp3) is 0.125. The number of esters is 1. The minimum atomic E-state index is -0.485. The van der Waals surface area contributed by atoms with Gasteiger partial charge in [0.05, 0.1) is 29.0 Å². The molecule has 0 unspecified atom stereocenters. The molecule has 31 heavy (non-hydrogen) atoms. The second-order valence-electron chi connectivity index (χ2n) is 6.81. The molecule has 0 bridgehead atoms. The van der Waals surface area contributed by atoms with Gasteiger partial charge >= 0.3 is 5.97 Å².